The van der Waals surface area contributed by atoms with Gasteiger partial charge in [0.2, 0.25) is 11.8 Å². The van der Waals surface area contributed by atoms with Gasteiger partial charge in [0.1, 0.15) is 0 Å². The van der Waals surface area contributed by atoms with Crippen molar-refractivity contribution in [1.29, 1.82) is 0 Å². The van der Waals surface area contributed by atoms with Crippen LogP contribution in [0.15, 0.2) is 61.2 Å². The predicted molar refractivity (Wildman–Crippen MR) is 118 cm³/mol. The molecule has 0 radical (unpaired) electrons. The minimum absolute atomic E-state index is 0.0145. The Morgan fingerprint density at radius 2 is 1.52 bits per heavy atom. The van der Waals surface area contributed by atoms with E-state index in [-0.39, 0.29) is 23.9 Å². The molecule has 1 atom stereocenters. The molecule has 2 aromatic rings. The maximum Gasteiger partial charge on any atom is 0.416 e. The Balaban J connectivity index is 1.60. The third kappa shape index (κ3) is 4.80. The van der Waals surface area contributed by atoms with E-state index in [4.69, 9.17) is 0 Å². The van der Waals surface area contributed by atoms with E-state index in [9.17, 15) is 22.8 Å². The normalized spacial score (nSPS) is 19.2. The second-order valence-corrected chi connectivity index (χ2v) is 8.32. The first-order valence-electron chi connectivity index (χ1n) is 11.0. The van der Waals surface area contributed by atoms with E-state index in [1.54, 1.807) is 15.9 Å². The molecular formula is C25H26F3N3O2. The fourth-order valence-corrected chi connectivity index (χ4v) is 4.73. The Morgan fingerprint density at radius 1 is 0.909 bits per heavy atom. The molecule has 1 fully saturated rings. The minimum Gasteiger partial charge on any atom is -0.338 e. The zero-order valence-electron chi connectivity index (χ0n) is 18.2. The summed E-state index contributed by atoms with van der Waals surface area (Å²) in [5, 5.41) is 0. The molecule has 33 heavy (non-hydrogen) atoms. The Bertz CT molecular complexity index is 1050. The quantitative estimate of drug-likeness (QED) is 0.660. The lowest BCUT2D eigenvalue weighted by molar-refractivity contribution is -0.139. The molecule has 0 bridgehead atoms. The molecule has 0 aromatic heterocycles. The molecule has 0 aliphatic carbocycles. The summed E-state index contributed by atoms with van der Waals surface area (Å²) < 4.78 is 41.6. The number of amides is 2. The second-order valence-electron chi connectivity index (χ2n) is 8.32. The number of halogens is 3. The summed E-state index contributed by atoms with van der Waals surface area (Å²) in [6.07, 6.45) is -2.58. The van der Waals surface area contributed by atoms with Gasteiger partial charge < -0.3 is 9.80 Å². The van der Waals surface area contributed by atoms with Crippen LogP contribution in [0, 0.1) is 0 Å². The summed E-state index contributed by atoms with van der Waals surface area (Å²) in [4.78, 5) is 30.1. The van der Waals surface area contributed by atoms with Crippen molar-refractivity contribution in [2.45, 2.75) is 18.6 Å². The summed E-state index contributed by atoms with van der Waals surface area (Å²) >= 11 is 0. The maximum absolute atomic E-state index is 13.9. The van der Waals surface area contributed by atoms with E-state index >= 15 is 0 Å². The van der Waals surface area contributed by atoms with Crippen LogP contribution in [0.2, 0.25) is 0 Å². The highest BCUT2D eigenvalue weighted by Crippen LogP contribution is 2.41. The first-order chi connectivity index (χ1) is 15.8. The molecule has 0 spiro atoms. The van der Waals surface area contributed by atoms with Crippen LogP contribution < -0.4 is 0 Å². The van der Waals surface area contributed by atoms with Gasteiger partial charge in [0.05, 0.1) is 18.2 Å². The van der Waals surface area contributed by atoms with Crippen molar-refractivity contribution in [2.24, 2.45) is 0 Å². The fourth-order valence-electron chi connectivity index (χ4n) is 4.73. The summed E-state index contributed by atoms with van der Waals surface area (Å²) in [6, 6.07) is 12.4. The SMILES string of the molecule is C=CC(=O)N1CCN(C(=O)CN2CCc3ccccc3C2c2ccccc2C(F)(F)F)CC1. The molecule has 0 N–H and O–H groups in total. The summed E-state index contributed by atoms with van der Waals surface area (Å²) in [5.41, 5.74) is 1.28. The highest BCUT2D eigenvalue weighted by Gasteiger charge is 2.39. The molecular weight excluding hydrogens is 431 g/mol. The zero-order valence-corrected chi connectivity index (χ0v) is 18.2. The molecule has 0 saturated carbocycles. The van der Waals surface area contributed by atoms with Gasteiger partial charge in [-0.1, -0.05) is 49.0 Å². The van der Waals surface area contributed by atoms with Crippen molar-refractivity contribution < 1.29 is 22.8 Å². The van der Waals surface area contributed by atoms with Gasteiger partial charge in [-0.25, -0.2) is 0 Å². The van der Waals surface area contributed by atoms with Gasteiger partial charge in [0, 0.05) is 32.7 Å². The van der Waals surface area contributed by atoms with Crippen molar-refractivity contribution in [3.05, 3.63) is 83.4 Å². The van der Waals surface area contributed by atoms with Crippen LogP contribution in [0.5, 0.6) is 0 Å². The minimum atomic E-state index is -4.49. The van der Waals surface area contributed by atoms with Crippen LogP contribution in [0.4, 0.5) is 13.2 Å². The Labute approximate surface area is 191 Å². The number of piperazine rings is 1. The molecule has 1 unspecified atom stereocenters. The molecule has 2 aliphatic heterocycles. The van der Waals surface area contributed by atoms with Gasteiger partial charge in [-0.3, -0.25) is 14.5 Å². The van der Waals surface area contributed by atoms with Gasteiger partial charge in [-0.2, -0.15) is 13.2 Å². The Morgan fingerprint density at radius 3 is 2.18 bits per heavy atom. The first kappa shape index (κ1) is 23.0. The predicted octanol–water partition coefficient (Wildman–Crippen LogP) is 3.51. The van der Waals surface area contributed by atoms with Gasteiger partial charge >= 0.3 is 6.18 Å². The number of hydrogen-bond acceptors (Lipinski definition) is 3. The van der Waals surface area contributed by atoms with Gasteiger partial charge in [0.25, 0.3) is 0 Å². The van der Waals surface area contributed by atoms with Gasteiger partial charge in [-0.05, 0) is 35.3 Å². The molecule has 2 aliphatic rings. The number of carbonyl (C=O) groups excluding carboxylic acids is 2. The Kier molecular flexibility index (Phi) is 6.56. The second kappa shape index (κ2) is 9.39. The number of rotatable bonds is 4. The molecule has 4 rings (SSSR count). The van der Waals surface area contributed by atoms with Gasteiger partial charge in [-0.15, -0.1) is 0 Å². The van der Waals surface area contributed by atoms with E-state index in [1.807, 2.05) is 29.2 Å². The first-order valence-corrected chi connectivity index (χ1v) is 11.0. The van der Waals surface area contributed by atoms with E-state index in [0.29, 0.717) is 39.1 Å². The lowest BCUT2D eigenvalue weighted by atomic mass is 9.86. The lowest BCUT2D eigenvalue weighted by Gasteiger charge is -2.40. The Hall–Kier alpha value is -3.13. The summed E-state index contributed by atoms with van der Waals surface area (Å²) in [7, 11) is 0. The largest absolute Gasteiger partial charge is 0.416 e. The number of benzene rings is 2. The molecule has 2 amide bonds. The van der Waals surface area contributed by atoms with E-state index in [0.717, 1.165) is 17.2 Å². The number of fused-ring (bicyclic) bond motifs is 1. The van der Waals surface area contributed by atoms with Crippen molar-refractivity contribution in [3.8, 4) is 0 Å². The fraction of sp³-hybridized carbons (Fsp3) is 0.360. The van der Waals surface area contributed by atoms with Crippen molar-refractivity contribution in [2.75, 3.05) is 39.3 Å². The topological polar surface area (TPSA) is 43.9 Å². The summed E-state index contributed by atoms with van der Waals surface area (Å²) in [5.74, 6) is -0.312. The van der Waals surface area contributed by atoms with Crippen LogP contribution >= 0.6 is 0 Å². The van der Waals surface area contributed by atoms with E-state index < -0.39 is 17.8 Å². The standard InChI is InChI=1S/C25H26F3N3O2/c1-2-22(32)29-13-15-30(16-14-29)23(33)17-31-12-11-18-7-3-4-8-19(18)24(31)20-9-5-6-10-21(20)25(26,27)28/h2-10,24H,1,11-17H2. The number of hydrogen-bond donors (Lipinski definition) is 0. The third-order valence-electron chi connectivity index (χ3n) is 6.40. The van der Waals surface area contributed by atoms with Crippen molar-refractivity contribution >= 4 is 11.8 Å². The van der Waals surface area contributed by atoms with Crippen LogP contribution in [-0.4, -0.2) is 65.8 Å². The van der Waals surface area contributed by atoms with Crippen molar-refractivity contribution in [3.63, 3.8) is 0 Å². The van der Waals surface area contributed by atoms with Crippen LogP contribution in [0.25, 0.3) is 0 Å². The third-order valence-corrected chi connectivity index (χ3v) is 6.40. The highest BCUT2D eigenvalue weighted by atomic mass is 19.4. The monoisotopic (exact) mass is 457 g/mol. The molecule has 1 saturated heterocycles. The molecule has 5 nitrogen and oxygen atoms in total. The molecule has 2 aromatic carbocycles. The number of alkyl halides is 3. The highest BCUT2D eigenvalue weighted by molar-refractivity contribution is 5.87. The summed E-state index contributed by atoms with van der Waals surface area (Å²) in [6.45, 7) is 5.61. The van der Waals surface area contributed by atoms with Crippen LogP contribution in [-0.2, 0) is 22.2 Å². The lowest BCUT2D eigenvalue weighted by Crippen LogP contribution is -2.53. The van der Waals surface area contributed by atoms with Crippen LogP contribution in [0.3, 0.4) is 0 Å². The van der Waals surface area contributed by atoms with E-state index in [2.05, 4.69) is 6.58 Å². The van der Waals surface area contributed by atoms with Crippen LogP contribution in [0.1, 0.15) is 28.3 Å². The maximum atomic E-state index is 13.9. The zero-order chi connectivity index (χ0) is 23.6. The number of nitrogens with zero attached hydrogens (tertiary/aromatic N) is 3. The van der Waals surface area contributed by atoms with E-state index in [1.165, 1.54) is 18.2 Å². The number of carbonyl (C=O) groups is 2. The van der Waals surface area contributed by atoms with Gasteiger partial charge in [0.15, 0.2) is 0 Å². The molecule has 2 heterocycles. The molecule has 174 valence electrons. The van der Waals surface area contributed by atoms with Crippen molar-refractivity contribution in [1.82, 2.24) is 14.7 Å². The smallest absolute Gasteiger partial charge is 0.338 e. The average Bonchev–Trinajstić information content (AvgIpc) is 2.83. The average molecular weight is 457 g/mol. The molecule has 8 heteroatoms.